The molecule has 1 aliphatic carbocycles. The third kappa shape index (κ3) is 4.52. The molecular formula is C29H28N2O3. The summed E-state index contributed by atoms with van der Waals surface area (Å²) in [6, 6.07) is 26.8. The molecule has 1 aliphatic rings. The van der Waals surface area contributed by atoms with Crippen molar-refractivity contribution in [1.29, 1.82) is 0 Å². The Morgan fingerprint density at radius 3 is 2.32 bits per heavy atom. The Balaban J connectivity index is 1.55. The van der Waals surface area contributed by atoms with Crippen LogP contribution >= 0.6 is 0 Å². The van der Waals surface area contributed by atoms with Crippen LogP contribution in [0.1, 0.15) is 37.4 Å². The number of benzene rings is 3. The molecule has 3 aromatic carbocycles. The zero-order valence-corrected chi connectivity index (χ0v) is 19.2. The number of ether oxygens (including phenoxy) is 1. The summed E-state index contributed by atoms with van der Waals surface area (Å²) in [5.74, 6) is 1.72. The minimum atomic E-state index is -0.446. The lowest BCUT2D eigenvalue weighted by Gasteiger charge is -2.19. The number of aromatic nitrogens is 2. The van der Waals surface area contributed by atoms with Crippen molar-refractivity contribution in [1.82, 2.24) is 9.78 Å². The molecule has 1 N–H and O–H groups in total. The van der Waals surface area contributed by atoms with Crippen LogP contribution in [0.3, 0.4) is 0 Å². The third-order valence-electron chi connectivity index (χ3n) is 6.61. The molecule has 1 unspecified atom stereocenters. The maximum Gasteiger partial charge on any atom is 0.267 e. The topological polar surface area (TPSA) is 64.3 Å². The Kier molecular flexibility index (Phi) is 6.28. The Morgan fingerprint density at radius 2 is 1.59 bits per heavy atom. The highest BCUT2D eigenvalue weighted by Gasteiger charge is 2.24. The van der Waals surface area contributed by atoms with Gasteiger partial charge in [0.15, 0.2) is 0 Å². The van der Waals surface area contributed by atoms with Crippen molar-refractivity contribution in [2.24, 2.45) is 13.0 Å². The van der Waals surface area contributed by atoms with Crippen molar-refractivity contribution in [3.63, 3.8) is 0 Å². The van der Waals surface area contributed by atoms with E-state index in [9.17, 15) is 9.90 Å². The highest BCUT2D eigenvalue weighted by atomic mass is 16.5. The molecule has 0 bridgehead atoms. The van der Waals surface area contributed by atoms with E-state index >= 15 is 0 Å². The van der Waals surface area contributed by atoms with Crippen molar-refractivity contribution >= 4 is 0 Å². The van der Waals surface area contributed by atoms with Crippen molar-refractivity contribution in [2.45, 2.75) is 31.8 Å². The summed E-state index contributed by atoms with van der Waals surface area (Å²) < 4.78 is 7.52. The minimum absolute atomic E-state index is 0.185. The van der Waals surface area contributed by atoms with Crippen LogP contribution in [0, 0.1) is 5.92 Å². The molecule has 1 aromatic heterocycles. The fraction of sp³-hybridized carbons (Fsp3) is 0.241. The number of aryl methyl sites for hydroxylation is 1. The van der Waals surface area contributed by atoms with Crippen LogP contribution in [0.2, 0.25) is 0 Å². The van der Waals surface area contributed by atoms with E-state index in [-0.39, 0.29) is 5.56 Å². The molecule has 5 nitrogen and oxygen atoms in total. The Labute approximate surface area is 199 Å². The van der Waals surface area contributed by atoms with E-state index in [1.165, 1.54) is 17.5 Å². The molecule has 0 radical (unpaired) electrons. The van der Waals surface area contributed by atoms with Gasteiger partial charge in [0.1, 0.15) is 17.2 Å². The van der Waals surface area contributed by atoms with Gasteiger partial charge in [0, 0.05) is 24.2 Å². The molecule has 1 atom stereocenters. The lowest BCUT2D eigenvalue weighted by atomic mass is 9.92. The molecule has 1 saturated carbocycles. The standard InChI is InChI=1S/C29H28N2O3/c1-31-27(32)19-25(20-15-17-22(18-16-20)29(33)21-9-5-6-10-21)28(30-31)24-13-7-8-14-26(24)34-23-11-3-2-4-12-23/h2-4,7-8,11-19,21,29,33H,5-6,9-10H2,1H3. The van der Waals surface area contributed by atoms with Crippen molar-refractivity contribution in [2.75, 3.05) is 0 Å². The normalized spacial score (nSPS) is 14.8. The first kappa shape index (κ1) is 22.1. The minimum Gasteiger partial charge on any atom is -0.457 e. The zero-order valence-electron chi connectivity index (χ0n) is 19.2. The van der Waals surface area contributed by atoms with Gasteiger partial charge in [0.05, 0.1) is 6.10 Å². The van der Waals surface area contributed by atoms with E-state index < -0.39 is 6.10 Å². The maximum absolute atomic E-state index is 12.6. The highest BCUT2D eigenvalue weighted by molar-refractivity contribution is 5.83. The first-order valence-corrected chi connectivity index (χ1v) is 11.8. The summed E-state index contributed by atoms with van der Waals surface area (Å²) in [5, 5.41) is 15.4. The SMILES string of the molecule is Cn1nc(-c2ccccc2Oc2ccccc2)c(-c2ccc(C(O)C3CCCC3)cc2)cc1=O. The highest BCUT2D eigenvalue weighted by Crippen LogP contribution is 2.39. The molecule has 1 fully saturated rings. The predicted octanol–water partition coefficient (Wildman–Crippen LogP) is 6.13. The van der Waals surface area contributed by atoms with Gasteiger partial charge in [-0.15, -0.1) is 0 Å². The number of aliphatic hydroxyl groups excluding tert-OH is 1. The molecule has 1 heterocycles. The van der Waals surface area contributed by atoms with Crippen LogP contribution in [-0.2, 0) is 7.05 Å². The number of hydrogen-bond acceptors (Lipinski definition) is 4. The van der Waals surface area contributed by atoms with E-state index in [1.807, 2.05) is 78.9 Å². The van der Waals surface area contributed by atoms with Gasteiger partial charge in [-0.1, -0.05) is 67.4 Å². The summed E-state index contributed by atoms with van der Waals surface area (Å²) in [6.45, 7) is 0. The lowest BCUT2D eigenvalue weighted by molar-refractivity contribution is 0.111. The molecule has 0 aliphatic heterocycles. The third-order valence-corrected chi connectivity index (χ3v) is 6.61. The van der Waals surface area contributed by atoms with Gasteiger partial charge >= 0.3 is 0 Å². The van der Waals surface area contributed by atoms with Crippen LogP contribution in [0.4, 0.5) is 0 Å². The second kappa shape index (κ2) is 9.65. The molecule has 0 saturated heterocycles. The Hall–Kier alpha value is -3.70. The largest absolute Gasteiger partial charge is 0.457 e. The van der Waals surface area contributed by atoms with Crippen LogP contribution < -0.4 is 10.3 Å². The molecule has 4 aromatic rings. The van der Waals surface area contributed by atoms with Gasteiger partial charge in [0.25, 0.3) is 5.56 Å². The summed E-state index contributed by atoms with van der Waals surface area (Å²) in [4.78, 5) is 12.6. The van der Waals surface area contributed by atoms with Crippen LogP contribution in [0.15, 0.2) is 89.7 Å². The molecular weight excluding hydrogens is 424 g/mol. The number of nitrogens with zero attached hydrogens (tertiary/aromatic N) is 2. The first-order valence-electron chi connectivity index (χ1n) is 11.8. The van der Waals surface area contributed by atoms with Crippen LogP contribution in [0.25, 0.3) is 22.4 Å². The molecule has 5 rings (SSSR count). The first-order chi connectivity index (χ1) is 16.6. The molecule has 0 spiro atoms. The smallest absolute Gasteiger partial charge is 0.267 e. The number of para-hydroxylation sites is 2. The molecule has 0 amide bonds. The summed E-state index contributed by atoms with van der Waals surface area (Å²) >= 11 is 0. The van der Waals surface area contributed by atoms with Crippen molar-refractivity contribution in [3.05, 3.63) is 101 Å². The van der Waals surface area contributed by atoms with Crippen LogP contribution in [0.5, 0.6) is 11.5 Å². The summed E-state index contributed by atoms with van der Waals surface area (Å²) in [7, 11) is 1.65. The zero-order chi connectivity index (χ0) is 23.5. The van der Waals surface area contributed by atoms with Gasteiger partial charge in [-0.2, -0.15) is 5.10 Å². The second-order valence-electron chi connectivity index (χ2n) is 8.89. The molecule has 5 heteroatoms. The number of hydrogen-bond donors (Lipinski definition) is 1. The number of aliphatic hydroxyl groups is 1. The van der Waals surface area contributed by atoms with Crippen LogP contribution in [-0.4, -0.2) is 14.9 Å². The van der Waals surface area contributed by atoms with Gasteiger partial charge < -0.3 is 9.84 Å². The Bertz CT molecular complexity index is 1320. The summed E-state index contributed by atoms with van der Waals surface area (Å²) in [5.41, 5.74) is 3.80. The monoisotopic (exact) mass is 452 g/mol. The van der Waals surface area contributed by atoms with Crippen molar-refractivity contribution < 1.29 is 9.84 Å². The average Bonchev–Trinajstić information content (AvgIpc) is 3.41. The van der Waals surface area contributed by atoms with Gasteiger partial charge in [-0.3, -0.25) is 4.79 Å². The second-order valence-corrected chi connectivity index (χ2v) is 8.89. The predicted molar refractivity (Wildman–Crippen MR) is 134 cm³/mol. The van der Waals surface area contributed by atoms with Gasteiger partial charge in [-0.25, -0.2) is 4.68 Å². The quantitative estimate of drug-likeness (QED) is 0.382. The fourth-order valence-corrected chi connectivity index (χ4v) is 4.73. The Morgan fingerprint density at radius 1 is 0.912 bits per heavy atom. The molecule has 172 valence electrons. The van der Waals surface area contributed by atoms with Gasteiger partial charge in [-0.05, 0) is 54.2 Å². The molecule has 34 heavy (non-hydrogen) atoms. The van der Waals surface area contributed by atoms with Gasteiger partial charge in [0.2, 0.25) is 0 Å². The fourth-order valence-electron chi connectivity index (χ4n) is 4.73. The summed E-state index contributed by atoms with van der Waals surface area (Å²) in [6.07, 6.45) is 4.07. The number of rotatable bonds is 6. The lowest BCUT2D eigenvalue weighted by Crippen LogP contribution is -2.19. The van der Waals surface area contributed by atoms with E-state index in [4.69, 9.17) is 4.74 Å². The maximum atomic E-state index is 12.6. The van der Waals surface area contributed by atoms with Crippen molar-refractivity contribution in [3.8, 4) is 33.9 Å². The van der Waals surface area contributed by atoms with E-state index in [0.717, 1.165) is 40.8 Å². The van der Waals surface area contributed by atoms with E-state index in [2.05, 4.69) is 5.10 Å². The average molecular weight is 453 g/mol. The van der Waals surface area contributed by atoms with E-state index in [1.54, 1.807) is 13.1 Å². The van der Waals surface area contributed by atoms with E-state index in [0.29, 0.717) is 17.4 Å².